The molecule has 9 nitrogen and oxygen atoms in total. The highest BCUT2D eigenvalue weighted by Gasteiger charge is 2.34. The van der Waals surface area contributed by atoms with Gasteiger partial charge < -0.3 is 29.1 Å². The molecule has 0 spiro atoms. The summed E-state index contributed by atoms with van der Waals surface area (Å²) in [5.41, 5.74) is 0. The number of nitrogens with one attached hydrogen (secondary N) is 2. The Morgan fingerprint density at radius 1 is 1.25 bits per heavy atom. The van der Waals surface area contributed by atoms with Gasteiger partial charge in [-0.3, -0.25) is 9.59 Å². The molecular formula is C19H23N4O5+. The molecular weight excluding hydrogens is 364 g/mol. The summed E-state index contributed by atoms with van der Waals surface area (Å²) in [5, 5.41) is 6.48. The van der Waals surface area contributed by atoms with Crippen molar-refractivity contribution in [3.63, 3.8) is 0 Å². The number of quaternary nitrogens is 1. The van der Waals surface area contributed by atoms with Gasteiger partial charge in [0.2, 0.25) is 6.10 Å². The summed E-state index contributed by atoms with van der Waals surface area (Å²) in [6.45, 7) is 4.84. The van der Waals surface area contributed by atoms with Crippen molar-refractivity contribution in [2.75, 3.05) is 44.6 Å². The summed E-state index contributed by atoms with van der Waals surface area (Å²) in [6, 6.07) is 9.01. The number of amides is 2. The Bertz CT molecular complexity index is 860. The van der Waals surface area contributed by atoms with E-state index in [0.29, 0.717) is 55.8 Å². The zero-order valence-electron chi connectivity index (χ0n) is 15.6. The van der Waals surface area contributed by atoms with Crippen LogP contribution in [0.1, 0.15) is 5.76 Å². The summed E-state index contributed by atoms with van der Waals surface area (Å²) >= 11 is 0. The van der Waals surface area contributed by atoms with Crippen molar-refractivity contribution in [1.29, 1.82) is 0 Å². The number of para-hydroxylation sites is 2. The van der Waals surface area contributed by atoms with Crippen LogP contribution >= 0.6 is 0 Å². The quantitative estimate of drug-likeness (QED) is 0.733. The largest absolute Gasteiger partial charge is 0.485 e. The van der Waals surface area contributed by atoms with Crippen LogP contribution in [0.15, 0.2) is 34.9 Å². The van der Waals surface area contributed by atoms with Crippen molar-refractivity contribution in [1.82, 2.24) is 10.1 Å². The molecule has 0 saturated carbocycles. The zero-order chi connectivity index (χ0) is 19.5. The van der Waals surface area contributed by atoms with E-state index in [-0.39, 0.29) is 18.4 Å². The van der Waals surface area contributed by atoms with Crippen LogP contribution in [0.2, 0.25) is 0 Å². The Balaban J connectivity index is 1.25. The lowest BCUT2D eigenvalue weighted by atomic mass is 10.2. The van der Waals surface area contributed by atoms with E-state index in [9.17, 15) is 9.59 Å². The minimum absolute atomic E-state index is 0.0731. The number of aromatic nitrogens is 1. The summed E-state index contributed by atoms with van der Waals surface area (Å²) in [4.78, 5) is 27.8. The highest BCUT2D eigenvalue weighted by Crippen LogP contribution is 2.31. The molecule has 1 saturated heterocycles. The number of carbonyl (C=O) groups excluding carboxylic acids is 2. The van der Waals surface area contributed by atoms with E-state index < -0.39 is 6.10 Å². The Labute approximate surface area is 162 Å². The van der Waals surface area contributed by atoms with Crippen molar-refractivity contribution in [2.45, 2.75) is 13.0 Å². The molecule has 1 aromatic carbocycles. The average Bonchev–Trinajstić information content (AvgIpc) is 3.12. The molecule has 2 N–H and O–H groups in total. The highest BCUT2D eigenvalue weighted by atomic mass is 16.6. The van der Waals surface area contributed by atoms with Gasteiger partial charge in [-0.25, -0.2) is 0 Å². The van der Waals surface area contributed by atoms with Gasteiger partial charge in [0.05, 0.1) is 26.2 Å². The first kappa shape index (κ1) is 18.3. The summed E-state index contributed by atoms with van der Waals surface area (Å²) in [7, 11) is 0. The van der Waals surface area contributed by atoms with Crippen LogP contribution in [0.3, 0.4) is 0 Å². The maximum absolute atomic E-state index is 12.7. The van der Waals surface area contributed by atoms with Gasteiger partial charge in [-0.05, 0) is 19.1 Å². The van der Waals surface area contributed by atoms with Gasteiger partial charge in [-0.1, -0.05) is 17.3 Å². The van der Waals surface area contributed by atoms with Crippen LogP contribution < -0.4 is 19.7 Å². The third kappa shape index (κ3) is 4.09. The number of hydrogen-bond acceptors (Lipinski definition) is 6. The SMILES string of the molecule is Cc1cc(NC(=O)C[NH+]2CCN(C(=O)[C@@H]3COc4ccccc4O3)CC2)no1. The monoisotopic (exact) mass is 387 g/mol. The minimum Gasteiger partial charge on any atom is -0.485 e. The number of benzene rings is 1. The predicted octanol–water partition coefficient (Wildman–Crippen LogP) is -0.511. The highest BCUT2D eigenvalue weighted by molar-refractivity contribution is 5.90. The number of piperazine rings is 1. The zero-order valence-corrected chi connectivity index (χ0v) is 15.6. The number of ether oxygens (including phenoxy) is 2. The van der Waals surface area contributed by atoms with Crippen LogP contribution in [-0.4, -0.2) is 67.3 Å². The Morgan fingerprint density at radius 2 is 2.00 bits per heavy atom. The number of rotatable bonds is 4. The Hall–Kier alpha value is -3.07. The summed E-state index contributed by atoms with van der Waals surface area (Å²) < 4.78 is 16.4. The van der Waals surface area contributed by atoms with Crippen molar-refractivity contribution in [3.05, 3.63) is 36.1 Å². The topological polar surface area (TPSA) is 98.3 Å². The Morgan fingerprint density at radius 3 is 2.71 bits per heavy atom. The van der Waals surface area contributed by atoms with Crippen LogP contribution in [0.5, 0.6) is 11.5 Å². The average molecular weight is 387 g/mol. The molecule has 2 aliphatic rings. The number of carbonyl (C=O) groups is 2. The fourth-order valence-corrected chi connectivity index (χ4v) is 3.40. The normalized spacial score (nSPS) is 19.3. The van der Waals surface area contributed by atoms with E-state index in [4.69, 9.17) is 14.0 Å². The summed E-state index contributed by atoms with van der Waals surface area (Å²) in [6.07, 6.45) is -0.629. The third-order valence-corrected chi connectivity index (χ3v) is 4.87. The molecule has 9 heteroatoms. The molecule has 0 unspecified atom stereocenters. The van der Waals surface area contributed by atoms with E-state index in [1.807, 2.05) is 18.2 Å². The molecule has 0 radical (unpaired) electrons. The lowest BCUT2D eigenvalue weighted by molar-refractivity contribution is -0.895. The molecule has 1 atom stereocenters. The number of anilines is 1. The lowest BCUT2D eigenvalue weighted by Gasteiger charge is -2.35. The molecule has 1 fully saturated rings. The standard InChI is InChI=1S/C19H22N4O5/c1-13-10-17(21-28-13)20-18(24)11-22-6-8-23(9-7-22)19(25)16-12-26-14-4-2-3-5-15(14)27-16/h2-5,10,16H,6-9,11-12H2,1H3,(H,20,21,24)/p+1/t16-/m0/s1. The molecule has 0 aliphatic carbocycles. The number of fused-ring (bicyclic) bond motifs is 1. The van der Waals surface area contributed by atoms with Gasteiger partial charge in [-0.2, -0.15) is 0 Å². The van der Waals surface area contributed by atoms with Crippen molar-refractivity contribution in [3.8, 4) is 11.5 Å². The molecule has 1 aromatic heterocycles. The van der Waals surface area contributed by atoms with Crippen LogP contribution in [0.25, 0.3) is 0 Å². The molecule has 28 heavy (non-hydrogen) atoms. The van der Waals surface area contributed by atoms with Gasteiger partial charge in [0.25, 0.3) is 11.8 Å². The third-order valence-electron chi connectivity index (χ3n) is 4.87. The van der Waals surface area contributed by atoms with Crippen LogP contribution in [-0.2, 0) is 9.59 Å². The second-order valence-corrected chi connectivity index (χ2v) is 6.99. The maximum Gasteiger partial charge on any atom is 0.280 e. The fourth-order valence-electron chi connectivity index (χ4n) is 3.40. The summed E-state index contributed by atoms with van der Waals surface area (Å²) in [5.74, 6) is 2.13. The Kier molecular flexibility index (Phi) is 5.16. The van der Waals surface area contributed by atoms with Gasteiger partial charge >= 0.3 is 0 Å². The van der Waals surface area contributed by atoms with E-state index in [0.717, 1.165) is 4.90 Å². The van der Waals surface area contributed by atoms with E-state index in [1.54, 1.807) is 24.0 Å². The van der Waals surface area contributed by atoms with Gasteiger partial charge in [-0.15, -0.1) is 0 Å². The van der Waals surface area contributed by atoms with E-state index in [1.165, 1.54) is 0 Å². The van der Waals surface area contributed by atoms with Crippen molar-refractivity contribution < 1.29 is 28.5 Å². The van der Waals surface area contributed by atoms with Crippen molar-refractivity contribution in [2.24, 2.45) is 0 Å². The van der Waals surface area contributed by atoms with E-state index >= 15 is 0 Å². The molecule has 2 amide bonds. The lowest BCUT2D eigenvalue weighted by Crippen LogP contribution is -3.15. The number of hydrogen-bond donors (Lipinski definition) is 2. The number of nitrogens with zero attached hydrogens (tertiary/aromatic N) is 2. The van der Waals surface area contributed by atoms with E-state index in [2.05, 4.69) is 10.5 Å². The first-order valence-corrected chi connectivity index (χ1v) is 9.32. The predicted molar refractivity (Wildman–Crippen MR) is 98.4 cm³/mol. The molecule has 2 aromatic rings. The fraction of sp³-hybridized carbons (Fsp3) is 0.421. The second-order valence-electron chi connectivity index (χ2n) is 6.99. The molecule has 3 heterocycles. The first-order chi connectivity index (χ1) is 13.6. The smallest absolute Gasteiger partial charge is 0.280 e. The number of aryl methyl sites for hydroxylation is 1. The molecule has 2 aliphatic heterocycles. The van der Waals surface area contributed by atoms with Gasteiger partial charge in [0.1, 0.15) is 12.4 Å². The first-order valence-electron chi connectivity index (χ1n) is 9.32. The molecule has 4 rings (SSSR count). The molecule has 148 valence electrons. The van der Waals surface area contributed by atoms with Gasteiger partial charge in [0, 0.05) is 6.07 Å². The van der Waals surface area contributed by atoms with Crippen molar-refractivity contribution >= 4 is 17.6 Å². The van der Waals surface area contributed by atoms with Crippen LogP contribution in [0.4, 0.5) is 5.82 Å². The van der Waals surface area contributed by atoms with Gasteiger partial charge in [0.15, 0.2) is 23.9 Å². The van der Waals surface area contributed by atoms with Crippen LogP contribution in [0, 0.1) is 6.92 Å². The maximum atomic E-state index is 12.7. The molecule has 0 bridgehead atoms. The second kappa shape index (κ2) is 7.89. The minimum atomic E-state index is -0.629.